The maximum Gasteiger partial charge on any atom is 0.150 e. The molecule has 1 aromatic heterocycles. The lowest BCUT2D eigenvalue weighted by Gasteiger charge is -1.91. The number of thiol groups is 1. The van der Waals surface area contributed by atoms with Gasteiger partial charge in [0, 0.05) is 17.5 Å². The van der Waals surface area contributed by atoms with Crippen LogP contribution >= 0.6 is 36.2 Å². The Kier molecular flexibility index (Phi) is 4.27. The first-order chi connectivity index (χ1) is 5.79. The van der Waals surface area contributed by atoms with Crippen LogP contribution in [-0.2, 0) is 6.42 Å². The molecule has 0 bridgehead atoms. The zero-order valence-electron chi connectivity index (χ0n) is 6.23. The largest absolute Gasteiger partial charge is 0.263 e. The lowest BCUT2D eigenvalue weighted by molar-refractivity contribution is 1.06. The van der Waals surface area contributed by atoms with Gasteiger partial charge in [0.2, 0.25) is 0 Å². The number of nitrogens with zero attached hydrogens (tertiary/aromatic N) is 1. The van der Waals surface area contributed by atoms with Gasteiger partial charge in [-0.3, -0.25) is 5.43 Å². The molecule has 1 heterocycles. The normalized spacial score (nSPS) is 10.4. The monoisotopic (exact) mass is 216 g/mol. The summed E-state index contributed by atoms with van der Waals surface area (Å²) < 4.78 is 0.387. The highest BCUT2D eigenvalue weighted by Crippen LogP contribution is 2.07. The first-order valence-electron chi connectivity index (χ1n) is 3.32. The third-order valence-corrected chi connectivity index (χ3v) is 2.21. The van der Waals surface area contributed by atoms with Gasteiger partial charge in [-0.05, 0) is 11.4 Å². The van der Waals surface area contributed by atoms with E-state index in [0.29, 0.717) is 4.32 Å². The first kappa shape index (κ1) is 9.70. The SMILES string of the molecule is S=C(S)NN=CCc1cccs1. The Balaban J connectivity index is 2.26. The molecule has 64 valence electrons. The highest BCUT2D eigenvalue weighted by molar-refractivity contribution is 8.11. The summed E-state index contributed by atoms with van der Waals surface area (Å²) in [5.74, 6) is 0. The predicted molar refractivity (Wildman–Crippen MR) is 61.2 cm³/mol. The number of thiocarbonyl (C=S) groups is 1. The van der Waals surface area contributed by atoms with Crippen LogP contribution in [0.3, 0.4) is 0 Å². The van der Waals surface area contributed by atoms with E-state index < -0.39 is 0 Å². The maximum absolute atomic E-state index is 4.65. The summed E-state index contributed by atoms with van der Waals surface area (Å²) in [6.45, 7) is 0. The van der Waals surface area contributed by atoms with Crippen molar-refractivity contribution in [1.82, 2.24) is 5.43 Å². The summed E-state index contributed by atoms with van der Waals surface area (Å²) in [6, 6.07) is 4.08. The summed E-state index contributed by atoms with van der Waals surface area (Å²) in [6.07, 6.45) is 2.61. The van der Waals surface area contributed by atoms with Gasteiger partial charge in [-0.1, -0.05) is 18.3 Å². The van der Waals surface area contributed by atoms with Gasteiger partial charge in [-0.2, -0.15) is 5.10 Å². The van der Waals surface area contributed by atoms with Crippen molar-refractivity contribution in [3.63, 3.8) is 0 Å². The Hall–Kier alpha value is -0.390. The van der Waals surface area contributed by atoms with Gasteiger partial charge in [0.05, 0.1) is 0 Å². The molecule has 0 amide bonds. The van der Waals surface area contributed by atoms with E-state index in [4.69, 9.17) is 0 Å². The highest BCUT2D eigenvalue weighted by Gasteiger charge is 1.88. The van der Waals surface area contributed by atoms with E-state index in [9.17, 15) is 0 Å². The molecule has 0 atom stereocenters. The van der Waals surface area contributed by atoms with Crippen LogP contribution in [0, 0.1) is 0 Å². The predicted octanol–water partition coefficient (Wildman–Crippen LogP) is 2.08. The molecule has 0 fully saturated rings. The van der Waals surface area contributed by atoms with Gasteiger partial charge in [0.15, 0.2) is 4.32 Å². The first-order valence-corrected chi connectivity index (χ1v) is 5.05. The van der Waals surface area contributed by atoms with Crippen molar-refractivity contribution in [3.8, 4) is 0 Å². The fraction of sp³-hybridized carbons (Fsp3) is 0.143. The second kappa shape index (κ2) is 5.29. The van der Waals surface area contributed by atoms with Gasteiger partial charge in [-0.15, -0.1) is 24.0 Å². The number of thiophene rings is 1. The molecular formula is C7H8N2S3. The molecule has 2 nitrogen and oxygen atoms in total. The van der Waals surface area contributed by atoms with Crippen LogP contribution in [0.1, 0.15) is 4.88 Å². The number of rotatable bonds is 3. The van der Waals surface area contributed by atoms with Gasteiger partial charge < -0.3 is 0 Å². The number of hydrogen-bond acceptors (Lipinski definition) is 3. The smallest absolute Gasteiger partial charge is 0.150 e. The van der Waals surface area contributed by atoms with Gasteiger partial charge in [0.1, 0.15) is 0 Å². The third-order valence-electron chi connectivity index (χ3n) is 1.12. The number of nitrogens with one attached hydrogen (secondary N) is 1. The molecule has 1 N–H and O–H groups in total. The number of hydrogen-bond donors (Lipinski definition) is 2. The summed E-state index contributed by atoms with van der Waals surface area (Å²) in [5, 5.41) is 5.90. The van der Waals surface area contributed by atoms with Crippen molar-refractivity contribution in [2.75, 3.05) is 0 Å². The molecule has 0 radical (unpaired) electrons. The Morgan fingerprint density at radius 1 is 1.83 bits per heavy atom. The standard InChI is InChI=1S/C7H8N2S3/c10-7(11)9-8-4-3-6-2-1-5-12-6/h1-2,4-5H,3H2,(H2,9,10,11). The lowest BCUT2D eigenvalue weighted by atomic mass is 10.4. The van der Waals surface area contributed by atoms with Crippen LogP contribution in [0.15, 0.2) is 22.6 Å². The molecule has 12 heavy (non-hydrogen) atoms. The minimum absolute atomic E-state index is 0.387. The van der Waals surface area contributed by atoms with E-state index in [1.165, 1.54) is 4.88 Å². The molecule has 1 rings (SSSR count). The van der Waals surface area contributed by atoms with E-state index in [-0.39, 0.29) is 0 Å². The summed E-state index contributed by atoms with van der Waals surface area (Å²) >= 11 is 10.2. The topological polar surface area (TPSA) is 24.4 Å². The molecular weight excluding hydrogens is 208 g/mol. The van der Waals surface area contributed by atoms with Crippen LogP contribution in [0.25, 0.3) is 0 Å². The fourth-order valence-corrected chi connectivity index (χ4v) is 1.44. The van der Waals surface area contributed by atoms with E-state index >= 15 is 0 Å². The van der Waals surface area contributed by atoms with E-state index in [2.05, 4.69) is 41.4 Å². The van der Waals surface area contributed by atoms with E-state index in [1.54, 1.807) is 17.6 Å². The molecule has 0 aliphatic carbocycles. The summed E-state index contributed by atoms with van der Waals surface area (Å²) in [5.41, 5.74) is 2.58. The quantitative estimate of drug-likeness (QED) is 0.350. The maximum atomic E-state index is 4.65. The molecule has 0 saturated carbocycles. The summed E-state index contributed by atoms with van der Waals surface area (Å²) in [7, 11) is 0. The lowest BCUT2D eigenvalue weighted by Crippen LogP contribution is -2.07. The van der Waals surface area contributed by atoms with Crippen molar-refractivity contribution >= 4 is 46.7 Å². The molecule has 5 heteroatoms. The fourth-order valence-electron chi connectivity index (χ4n) is 0.665. The third kappa shape index (κ3) is 3.85. The van der Waals surface area contributed by atoms with Crippen molar-refractivity contribution in [1.29, 1.82) is 0 Å². The van der Waals surface area contributed by atoms with Crippen molar-refractivity contribution in [2.24, 2.45) is 5.10 Å². The average molecular weight is 216 g/mol. The molecule has 0 unspecified atom stereocenters. The Bertz CT molecular complexity index is 266. The van der Waals surface area contributed by atoms with Gasteiger partial charge in [-0.25, -0.2) is 0 Å². The zero-order valence-corrected chi connectivity index (χ0v) is 8.75. The Labute approximate surface area is 86.1 Å². The van der Waals surface area contributed by atoms with Gasteiger partial charge >= 0.3 is 0 Å². The van der Waals surface area contributed by atoms with Gasteiger partial charge in [0.25, 0.3) is 0 Å². The van der Waals surface area contributed by atoms with Crippen molar-refractivity contribution in [2.45, 2.75) is 6.42 Å². The average Bonchev–Trinajstić information content (AvgIpc) is 2.49. The van der Waals surface area contributed by atoms with Crippen LogP contribution < -0.4 is 5.43 Å². The second-order valence-electron chi connectivity index (χ2n) is 2.01. The van der Waals surface area contributed by atoms with Crippen LogP contribution in [0.4, 0.5) is 0 Å². The molecule has 0 aliphatic heterocycles. The summed E-state index contributed by atoms with van der Waals surface area (Å²) in [4.78, 5) is 1.28. The molecule has 1 aromatic rings. The zero-order chi connectivity index (χ0) is 8.81. The van der Waals surface area contributed by atoms with E-state index in [1.807, 2.05) is 11.4 Å². The molecule has 0 spiro atoms. The molecule has 0 saturated heterocycles. The Morgan fingerprint density at radius 2 is 2.67 bits per heavy atom. The van der Waals surface area contributed by atoms with Crippen LogP contribution in [-0.4, -0.2) is 10.5 Å². The van der Waals surface area contributed by atoms with E-state index in [0.717, 1.165) is 6.42 Å². The molecule has 0 aliphatic rings. The Morgan fingerprint density at radius 3 is 3.25 bits per heavy atom. The minimum atomic E-state index is 0.387. The van der Waals surface area contributed by atoms with Crippen molar-refractivity contribution in [3.05, 3.63) is 22.4 Å². The van der Waals surface area contributed by atoms with Crippen molar-refractivity contribution < 1.29 is 0 Å². The minimum Gasteiger partial charge on any atom is -0.263 e. The van der Waals surface area contributed by atoms with Crippen LogP contribution in [0.5, 0.6) is 0 Å². The molecule has 0 aromatic carbocycles. The number of hydrazone groups is 1. The highest BCUT2D eigenvalue weighted by atomic mass is 32.1. The van der Waals surface area contributed by atoms with Crippen LogP contribution in [0.2, 0.25) is 0 Å². The second-order valence-corrected chi connectivity index (χ2v) is 4.20.